The van der Waals surface area contributed by atoms with Gasteiger partial charge in [-0.3, -0.25) is 14.2 Å². The second-order valence-electron chi connectivity index (χ2n) is 8.27. The number of carbonyl (C=O) groups excluding carboxylic acids is 2. The van der Waals surface area contributed by atoms with Crippen molar-refractivity contribution >= 4 is 33.4 Å². The summed E-state index contributed by atoms with van der Waals surface area (Å²) >= 11 is 1.14. The van der Waals surface area contributed by atoms with Crippen LogP contribution in [0.1, 0.15) is 52.9 Å². The number of esters is 1. The van der Waals surface area contributed by atoms with Crippen LogP contribution in [0.5, 0.6) is 0 Å². The van der Waals surface area contributed by atoms with Gasteiger partial charge in [0.2, 0.25) is 5.91 Å². The van der Waals surface area contributed by atoms with Crippen molar-refractivity contribution in [3.8, 4) is 0 Å². The van der Waals surface area contributed by atoms with Crippen molar-refractivity contribution in [1.82, 2.24) is 14.5 Å². The largest absolute Gasteiger partial charge is 0.457 e. The van der Waals surface area contributed by atoms with Gasteiger partial charge in [-0.05, 0) is 30.9 Å². The molecular weight excluding hydrogens is 426 g/mol. The highest BCUT2D eigenvalue weighted by molar-refractivity contribution is 7.20. The van der Waals surface area contributed by atoms with E-state index in [1.807, 2.05) is 37.4 Å². The maximum atomic E-state index is 13.1. The summed E-state index contributed by atoms with van der Waals surface area (Å²) in [6, 6.07) is 9.66. The lowest BCUT2D eigenvalue weighted by Gasteiger charge is -2.31. The summed E-state index contributed by atoms with van der Waals surface area (Å²) < 4.78 is 6.77. The number of benzene rings is 1. The molecule has 2 heterocycles. The van der Waals surface area contributed by atoms with E-state index in [4.69, 9.17) is 4.74 Å². The minimum Gasteiger partial charge on any atom is -0.457 e. The van der Waals surface area contributed by atoms with Gasteiger partial charge >= 0.3 is 5.97 Å². The zero-order valence-corrected chi connectivity index (χ0v) is 19.2. The van der Waals surface area contributed by atoms with Gasteiger partial charge in [0.1, 0.15) is 22.9 Å². The topological polar surface area (TPSA) is 81.5 Å². The quantitative estimate of drug-likeness (QED) is 0.529. The lowest BCUT2D eigenvalue weighted by molar-refractivity contribution is -0.133. The minimum absolute atomic E-state index is 0.0577. The fourth-order valence-electron chi connectivity index (χ4n) is 4.18. The number of fused-ring (bicyclic) bond motifs is 1. The van der Waals surface area contributed by atoms with Crippen molar-refractivity contribution < 1.29 is 14.3 Å². The number of aromatic nitrogens is 2. The summed E-state index contributed by atoms with van der Waals surface area (Å²) in [5, 5.41) is 0.372. The van der Waals surface area contributed by atoms with E-state index in [0.29, 0.717) is 20.7 Å². The number of amides is 1. The average Bonchev–Trinajstić information content (AvgIpc) is 3.17. The molecule has 1 aliphatic rings. The van der Waals surface area contributed by atoms with Crippen LogP contribution in [-0.4, -0.2) is 39.4 Å². The van der Waals surface area contributed by atoms with Crippen LogP contribution in [0, 0.1) is 6.92 Å². The van der Waals surface area contributed by atoms with Gasteiger partial charge in [0, 0.05) is 13.1 Å². The predicted molar refractivity (Wildman–Crippen MR) is 124 cm³/mol. The van der Waals surface area contributed by atoms with Crippen molar-refractivity contribution in [3.63, 3.8) is 0 Å². The molecule has 1 aromatic carbocycles. The molecule has 0 atom stereocenters. The highest BCUT2D eigenvalue weighted by Gasteiger charge is 2.24. The second kappa shape index (κ2) is 9.65. The van der Waals surface area contributed by atoms with E-state index < -0.39 is 5.97 Å². The predicted octanol–water partition coefficient (Wildman–Crippen LogP) is 3.91. The highest BCUT2D eigenvalue weighted by atomic mass is 32.1. The Bertz CT molecular complexity index is 1180. The highest BCUT2D eigenvalue weighted by Crippen LogP contribution is 2.28. The monoisotopic (exact) mass is 453 g/mol. The first-order chi connectivity index (χ1) is 15.5. The molecule has 0 bridgehead atoms. The number of nitrogens with zero attached hydrogens (tertiary/aromatic N) is 3. The fraction of sp³-hybridized carbons (Fsp3) is 0.417. The second-order valence-corrected chi connectivity index (χ2v) is 9.27. The minimum atomic E-state index is -0.478. The molecule has 0 saturated heterocycles. The van der Waals surface area contributed by atoms with Crippen molar-refractivity contribution in [1.29, 1.82) is 0 Å². The molecule has 4 rings (SSSR count). The van der Waals surface area contributed by atoms with Crippen LogP contribution in [-0.2, 0) is 22.7 Å². The molecule has 1 aliphatic carbocycles. The Morgan fingerprint density at radius 3 is 2.62 bits per heavy atom. The Balaban J connectivity index is 1.52. The maximum absolute atomic E-state index is 13.1. The van der Waals surface area contributed by atoms with Crippen LogP contribution < -0.4 is 5.56 Å². The molecule has 0 aliphatic heterocycles. The molecule has 1 saturated carbocycles. The van der Waals surface area contributed by atoms with E-state index in [1.54, 1.807) is 11.8 Å². The molecule has 7 nitrogen and oxygen atoms in total. The Hall–Kier alpha value is -3.00. The Kier molecular flexibility index (Phi) is 6.69. The van der Waals surface area contributed by atoms with Crippen molar-refractivity contribution in [2.45, 2.75) is 58.2 Å². The van der Waals surface area contributed by atoms with Gasteiger partial charge in [0.15, 0.2) is 0 Å². The molecule has 8 heteroatoms. The van der Waals surface area contributed by atoms with Gasteiger partial charge in [-0.15, -0.1) is 11.3 Å². The Morgan fingerprint density at radius 2 is 1.91 bits per heavy atom. The third kappa shape index (κ3) is 4.60. The fourth-order valence-corrected chi connectivity index (χ4v) is 5.22. The molecule has 0 radical (unpaired) electrons. The Morgan fingerprint density at radius 1 is 1.19 bits per heavy atom. The van der Waals surface area contributed by atoms with Crippen LogP contribution in [0.2, 0.25) is 0 Å². The Labute approximate surface area is 190 Å². The summed E-state index contributed by atoms with van der Waals surface area (Å²) in [6.07, 6.45) is 6.89. The summed E-state index contributed by atoms with van der Waals surface area (Å²) in [4.78, 5) is 45.5. The van der Waals surface area contributed by atoms with Crippen molar-refractivity contribution in [3.05, 3.63) is 63.0 Å². The van der Waals surface area contributed by atoms with E-state index >= 15 is 0 Å². The zero-order chi connectivity index (χ0) is 22.7. The van der Waals surface area contributed by atoms with E-state index in [-0.39, 0.29) is 30.7 Å². The normalized spacial score (nSPS) is 14.4. The molecular formula is C24H27N3O4S. The number of rotatable bonds is 6. The molecule has 168 valence electrons. The number of carbonyl (C=O) groups is 2. The third-order valence-corrected chi connectivity index (χ3v) is 7.32. The standard InChI is InChI=1S/C24H27N3O4S/c1-16-20-22(32-21(16)24(30)31-14-17-9-5-3-6-10-17)25-15-27(23(20)29)13-19(28)26(2)18-11-7-4-8-12-18/h3,5-6,9-10,15,18H,4,7-8,11-14H2,1-2H3. The van der Waals surface area contributed by atoms with Crippen LogP contribution in [0.4, 0.5) is 0 Å². The number of aryl methyl sites for hydroxylation is 1. The molecule has 2 aromatic heterocycles. The molecule has 3 aromatic rings. The first kappa shape index (κ1) is 22.2. The lowest BCUT2D eigenvalue weighted by Crippen LogP contribution is -2.41. The summed E-state index contributed by atoms with van der Waals surface area (Å²) in [6.45, 7) is 1.83. The maximum Gasteiger partial charge on any atom is 0.349 e. The van der Waals surface area contributed by atoms with Crippen LogP contribution in [0.25, 0.3) is 10.2 Å². The average molecular weight is 454 g/mol. The van der Waals surface area contributed by atoms with Crippen LogP contribution in [0.15, 0.2) is 41.5 Å². The number of hydrogen-bond acceptors (Lipinski definition) is 6. The zero-order valence-electron chi connectivity index (χ0n) is 18.4. The van der Waals surface area contributed by atoms with E-state index in [9.17, 15) is 14.4 Å². The number of thiophene rings is 1. The number of ether oxygens (including phenoxy) is 1. The molecule has 0 N–H and O–H groups in total. The van der Waals surface area contributed by atoms with Gasteiger partial charge in [0.25, 0.3) is 5.56 Å². The molecule has 0 unspecified atom stereocenters. The van der Waals surface area contributed by atoms with E-state index in [0.717, 1.165) is 42.6 Å². The molecule has 32 heavy (non-hydrogen) atoms. The van der Waals surface area contributed by atoms with E-state index in [2.05, 4.69) is 4.98 Å². The van der Waals surface area contributed by atoms with Gasteiger partial charge in [-0.25, -0.2) is 9.78 Å². The number of likely N-dealkylation sites (N-methyl/N-ethyl adjacent to an activating group) is 1. The lowest BCUT2D eigenvalue weighted by atomic mass is 9.94. The third-order valence-electron chi connectivity index (χ3n) is 6.14. The van der Waals surface area contributed by atoms with Crippen LogP contribution in [0.3, 0.4) is 0 Å². The van der Waals surface area contributed by atoms with Crippen molar-refractivity contribution in [2.24, 2.45) is 0 Å². The van der Waals surface area contributed by atoms with Gasteiger partial charge in [-0.1, -0.05) is 49.6 Å². The van der Waals surface area contributed by atoms with E-state index in [1.165, 1.54) is 17.3 Å². The SMILES string of the molecule is Cc1c(C(=O)OCc2ccccc2)sc2ncn(CC(=O)N(C)C3CCCCC3)c(=O)c12. The first-order valence-corrected chi connectivity index (χ1v) is 11.7. The smallest absolute Gasteiger partial charge is 0.349 e. The molecule has 0 spiro atoms. The molecule has 1 amide bonds. The van der Waals surface area contributed by atoms with Gasteiger partial charge < -0.3 is 9.64 Å². The molecule has 1 fully saturated rings. The first-order valence-electron chi connectivity index (χ1n) is 10.9. The summed E-state index contributed by atoms with van der Waals surface area (Å²) in [7, 11) is 1.81. The number of hydrogen-bond donors (Lipinski definition) is 0. The van der Waals surface area contributed by atoms with Gasteiger partial charge in [-0.2, -0.15) is 0 Å². The summed E-state index contributed by atoms with van der Waals surface area (Å²) in [5.41, 5.74) is 1.12. The van der Waals surface area contributed by atoms with Crippen LogP contribution >= 0.6 is 11.3 Å². The van der Waals surface area contributed by atoms with Gasteiger partial charge in [0.05, 0.1) is 11.7 Å². The summed E-state index contributed by atoms with van der Waals surface area (Å²) in [5.74, 6) is -0.580. The van der Waals surface area contributed by atoms with Crippen molar-refractivity contribution in [2.75, 3.05) is 7.05 Å².